The molecule has 1 N–H and O–H groups in total. The second-order valence-electron chi connectivity index (χ2n) is 9.18. The minimum absolute atomic E-state index is 0.0419. The van der Waals surface area contributed by atoms with Crippen molar-refractivity contribution in [1.82, 2.24) is 29.2 Å². The van der Waals surface area contributed by atoms with Crippen LogP contribution in [0.2, 0.25) is 0 Å². The molecule has 0 bridgehead atoms. The van der Waals surface area contributed by atoms with E-state index in [0.717, 1.165) is 32.6 Å². The van der Waals surface area contributed by atoms with Crippen LogP contribution in [0.1, 0.15) is 37.7 Å². The van der Waals surface area contributed by atoms with Gasteiger partial charge in [-0.05, 0) is 28.8 Å². The van der Waals surface area contributed by atoms with Crippen molar-refractivity contribution >= 4 is 22.1 Å². The quantitative estimate of drug-likeness (QED) is 0.302. The van der Waals surface area contributed by atoms with E-state index in [1.54, 1.807) is 6.92 Å². The Bertz CT molecular complexity index is 1860. The van der Waals surface area contributed by atoms with Gasteiger partial charge in [0.1, 0.15) is 9.71 Å². The fraction of sp³-hybridized carbons (Fsp3) is 0.103. The van der Waals surface area contributed by atoms with Crippen molar-refractivity contribution in [3.05, 3.63) is 151 Å². The number of aromatic nitrogens is 6. The maximum absolute atomic E-state index is 13.3. The number of nitrogens with zero attached hydrogens (tertiary/aromatic N) is 6. The summed E-state index contributed by atoms with van der Waals surface area (Å²) in [4.78, 5) is 39.7. The lowest BCUT2D eigenvalue weighted by Gasteiger charge is -2.34. The van der Waals surface area contributed by atoms with Gasteiger partial charge in [-0.15, -0.1) is 26.3 Å². The molecule has 0 spiro atoms. The van der Waals surface area contributed by atoms with Crippen LogP contribution in [0.5, 0.6) is 0 Å². The van der Waals surface area contributed by atoms with Crippen molar-refractivity contribution in [3.8, 4) is 0 Å². The van der Waals surface area contributed by atoms with E-state index in [1.807, 2.05) is 91.0 Å². The first-order chi connectivity index (χ1) is 19.4. The van der Waals surface area contributed by atoms with Gasteiger partial charge in [-0.25, -0.2) is 9.59 Å². The Hall–Kier alpha value is -5.16. The molecular weight excluding hydrogens is 528 g/mol. The van der Waals surface area contributed by atoms with Crippen molar-refractivity contribution in [2.45, 2.75) is 19.0 Å². The third kappa shape index (κ3) is 3.95. The summed E-state index contributed by atoms with van der Waals surface area (Å²) in [5.41, 5.74) is 0.725. The first kappa shape index (κ1) is 25.1. The minimum Gasteiger partial charge on any atom is -0.477 e. The van der Waals surface area contributed by atoms with Gasteiger partial charge in [0.25, 0.3) is 5.56 Å². The highest BCUT2D eigenvalue weighted by Gasteiger charge is 2.41. The Morgan fingerprint density at radius 1 is 0.875 bits per heavy atom. The van der Waals surface area contributed by atoms with Crippen LogP contribution in [0, 0.1) is 6.92 Å². The molecule has 3 heterocycles. The van der Waals surface area contributed by atoms with E-state index in [0.29, 0.717) is 0 Å². The molecule has 0 aliphatic heterocycles. The van der Waals surface area contributed by atoms with E-state index in [-0.39, 0.29) is 27.6 Å². The van der Waals surface area contributed by atoms with Crippen LogP contribution in [-0.4, -0.2) is 40.3 Å². The van der Waals surface area contributed by atoms with Crippen LogP contribution in [0.3, 0.4) is 0 Å². The van der Waals surface area contributed by atoms with Crippen molar-refractivity contribution < 1.29 is 9.90 Å². The van der Waals surface area contributed by atoms with Crippen LogP contribution in [-0.2, 0) is 12.1 Å². The normalized spacial score (nSPS) is 11.6. The molecule has 6 rings (SSSR count). The Morgan fingerprint density at radius 2 is 1.40 bits per heavy atom. The molecule has 0 radical (unpaired) electrons. The molecule has 0 saturated heterocycles. The zero-order valence-corrected chi connectivity index (χ0v) is 22.0. The standard InChI is InChI=1S/C29H22N6O4S/c1-19-25(36)33(28(39)34-17-23(27(37)38)40-26(19)34)18-24-30-32-35(31-24)29(20-11-5-2-6-12-20,21-13-7-3-8-14-21)22-15-9-4-10-16-22/h2-17H,18H2,1H3,(H,37,38). The van der Waals surface area contributed by atoms with Crippen molar-refractivity contribution in [3.63, 3.8) is 0 Å². The average molecular weight is 551 g/mol. The molecule has 0 amide bonds. The van der Waals surface area contributed by atoms with Crippen molar-refractivity contribution in [2.75, 3.05) is 0 Å². The molecule has 198 valence electrons. The van der Waals surface area contributed by atoms with E-state index < -0.39 is 22.8 Å². The molecule has 6 aromatic rings. The summed E-state index contributed by atoms with van der Waals surface area (Å²) in [5.74, 6) is -1.02. The highest BCUT2D eigenvalue weighted by molar-refractivity contribution is 7.19. The van der Waals surface area contributed by atoms with Gasteiger partial charge in [0.15, 0.2) is 11.4 Å². The number of thiazole rings is 1. The van der Waals surface area contributed by atoms with Gasteiger partial charge >= 0.3 is 11.7 Å². The molecule has 0 fully saturated rings. The summed E-state index contributed by atoms with van der Waals surface area (Å²) >= 11 is 0.878. The highest BCUT2D eigenvalue weighted by atomic mass is 32.1. The monoisotopic (exact) mass is 550 g/mol. The number of benzene rings is 3. The number of aromatic carboxylic acids is 1. The molecule has 0 saturated carbocycles. The molecule has 11 heteroatoms. The van der Waals surface area contributed by atoms with Crippen molar-refractivity contribution in [1.29, 1.82) is 0 Å². The first-order valence-corrected chi connectivity index (χ1v) is 13.2. The number of aryl methyl sites for hydroxylation is 1. The smallest absolute Gasteiger partial charge is 0.347 e. The summed E-state index contributed by atoms with van der Waals surface area (Å²) < 4.78 is 2.18. The molecule has 40 heavy (non-hydrogen) atoms. The summed E-state index contributed by atoms with van der Waals surface area (Å²) in [5, 5.41) is 22.8. The minimum atomic E-state index is -1.17. The number of carboxylic acid groups (broad SMARTS) is 1. The fourth-order valence-electron chi connectivity index (χ4n) is 4.98. The molecule has 0 atom stereocenters. The first-order valence-electron chi connectivity index (χ1n) is 12.4. The summed E-state index contributed by atoms with van der Waals surface area (Å²) in [6.07, 6.45) is 1.23. The maximum Gasteiger partial charge on any atom is 0.347 e. The van der Waals surface area contributed by atoms with Gasteiger partial charge in [0.2, 0.25) is 0 Å². The zero-order chi connectivity index (χ0) is 27.9. The largest absolute Gasteiger partial charge is 0.477 e. The number of carbonyl (C=O) groups is 1. The fourth-order valence-corrected chi connectivity index (χ4v) is 5.90. The van der Waals surface area contributed by atoms with Gasteiger partial charge in [-0.1, -0.05) is 91.0 Å². The second-order valence-corrected chi connectivity index (χ2v) is 10.2. The summed E-state index contributed by atoms with van der Waals surface area (Å²) in [6.45, 7) is 1.32. The number of rotatable bonds is 7. The SMILES string of the molecule is Cc1c(=O)n(Cc2nnn(C(c3ccccc3)(c3ccccc3)c3ccccc3)n2)c(=O)n2cc(C(=O)O)sc12. The van der Waals surface area contributed by atoms with Crippen molar-refractivity contribution in [2.24, 2.45) is 0 Å². The number of carboxylic acids is 1. The predicted octanol–water partition coefficient (Wildman–Crippen LogP) is 3.40. The lowest BCUT2D eigenvalue weighted by molar-refractivity contribution is 0.0701. The second kappa shape index (κ2) is 9.86. The van der Waals surface area contributed by atoms with Crippen LogP contribution in [0.4, 0.5) is 0 Å². The lowest BCUT2D eigenvalue weighted by atomic mass is 9.77. The van der Waals surface area contributed by atoms with Gasteiger partial charge in [0.05, 0.1) is 6.54 Å². The molecule has 3 aromatic heterocycles. The highest BCUT2D eigenvalue weighted by Crippen LogP contribution is 2.39. The Balaban J connectivity index is 1.54. The van der Waals surface area contributed by atoms with E-state index >= 15 is 0 Å². The molecule has 0 aliphatic carbocycles. The number of tetrazole rings is 1. The van der Waals surface area contributed by atoms with Gasteiger partial charge in [0, 0.05) is 11.8 Å². The molecule has 0 aliphatic rings. The molecule has 10 nitrogen and oxygen atoms in total. The van der Waals surface area contributed by atoms with Crippen LogP contribution >= 0.6 is 11.3 Å². The zero-order valence-electron chi connectivity index (χ0n) is 21.2. The molecular formula is C29H22N6O4S. The Kier molecular flexibility index (Phi) is 6.20. The Labute approximate surface area is 231 Å². The number of fused-ring (bicyclic) bond motifs is 1. The van der Waals surface area contributed by atoms with E-state index in [9.17, 15) is 19.5 Å². The predicted molar refractivity (Wildman–Crippen MR) is 149 cm³/mol. The van der Waals surface area contributed by atoms with Crippen LogP contribution < -0.4 is 11.2 Å². The molecule has 0 unspecified atom stereocenters. The van der Waals surface area contributed by atoms with E-state index in [4.69, 9.17) is 5.10 Å². The maximum atomic E-state index is 13.3. The van der Waals surface area contributed by atoms with Crippen LogP contribution in [0.15, 0.2) is 107 Å². The topological polar surface area (TPSA) is 124 Å². The van der Waals surface area contributed by atoms with Gasteiger partial charge in [-0.3, -0.25) is 13.8 Å². The third-order valence-electron chi connectivity index (χ3n) is 6.84. The lowest BCUT2D eigenvalue weighted by Crippen LogP contribution is -2.40. The third-order valence-corrected chi connectivity index (χ3v) is 8.03. The molecule has 3 aromatic carbocycles. The van der Waals surface area contributed by atoms with E-state index in [1.165, 1.54) is 15.4 Å². The summed E-state index contributed by atoms with van der Waals surface area (Å²) in [6, 6.07) is 29.4. The average Bonchev–Trinajstić information content (AvgIpc) is 3.65. The van der Waals surface area contributed by atoms with Crippen LogP contribution in [0.25, 0.3) is 4.83 Å². The number of hydrogen-bond acceptors (Lipinski definition) is 7. The van der Waals surface area contributed by atoms with E-state index in [2.05, 4.69) is 10.3 Å². The van der Waals surface area contributed by atoms with Gasteiger partial charge < -0.3 is 5.11 Å². The Morgan fingerprint density at radius 3 is 1.90 bits per heavy atom. The summed E-state index contributed by atoms with van der Waals surface area (Å²) in [7, 11) is 0. The van der Waals surface area contributed by atoms with Gasteiger partial charge in [-0.2, -0.15) is 0 Å². The number of hydrogen-bond donors (Lipinski definition) is 1.